The first-order valence-corrected chi connectivity index (χ1v) is 15.8. The maximum atomic E-state index is 2.45. The molecule has 0 heterocycles. The van der Waals surface area contributed by atoms with Crippen LogP contribution in [0.1, 0.15) is 35.1 Å². The van der Waals surface area contributed by atoms with Crippen LogP contribution in [0.25, 0.3) is 66.1 Å². The summed E-state index contributed by atoms with van der Waals surface area (Å²) >= 11 is 0. The van der Waals surface area contributed by atoms with Crippen LogP contribution in [0.15, 0.2) is 146 Å². The molecule has 9 rings (SSSR count). The van der Waals surface area contributed by atoms with E-state index in [1.807, 2.05) is 0 Å². The Balaban J connectivity index is 1.00. The maximum Gasteiger partial charge on any atom is -0.0178 e. The monoisotopic (exact) mass is 560 g/mol. The van der Waals surface area contributed by atoms with E-state index in [1.54, 1.807) is 11.1 Å². The van der Waals surface area contributed by atoms with Crippen LogP contribution in [0.3, 0.4) is 0 Å². The summed E-state index contributed by atoms with van der Waals surface area (Å²) in [7, 11) is 0. The first-order valence-electron chi connectivity index (χ1n) is 15.8. The van der Waals surface area contributed by atoms with Gasteiger partial charge >= 0.3 is 0 Å². The highest BCUT2D eigenvalue weighted by atomic mass is 14.3. The van der Waals surface area contributed by atoms with Crippen molar-refractivity contribution in [3.8, 4) is 33.4 Å². The smallest absolute Gasteiger partial charge is 0.0178 e. The Bertz CT molecular complexity index is 2260. The number of rotatable bonds is 3. The second kappa shape index (κ2) is 10.2. The molecule has 0 saturated carbocycles. The van der Waals surface area contributed by atoms with Crippen molar-refractivity contribution in [2.45, 2.75) is 25.7 Å². The lowest BCUT2D eigenvalue weighted by atomic mass is 9.74. The van der Waals surface area contributed by atoms with Crippen LogP contribution >= 0.6 is 0 Å². The van der Waals surface area contributed by atoms with E-state index in [1.165, 1.54) is 77.2 Å². The normalized spacial score (nSPS) is 13.9. The summed E-state index contributed by atoms with van der Waals surface area (Å²) in [6.07, 6.45) is 4.45. The fourth-order valence-corrected chi connectivity index (χ4v) is 7.56. The Morgan fingerprint density at radius 3 is 1.14 bits per heavy atom. The number of hydrogen-bond donors (Lipinski definition) is 0. The molecule has 0 atom stereocenters. The Labute approximate surface area is 259 Å². The van der Waals surface area contributed by atoms with Crippen molar-refractivity contribution in [2.24, 2.45) is 0 Å². The third-order valence-electron chi connectivity index (χ3n) is 9.90. The maximum absolute atomic E-state index is 2.45. The predicted octanol–water partition coefficient (Wildman–Crippen LogP) is 11.8. The number of allylic oxidation sites excluding steroid dienone is 2. The van der Waals surface area contributed by atoms with Crippen molar-refractivity contribution in [1.82, 2.24) is 0 Å². The van der Waals surface area contributed by atoms with Gasteiger partial charge < -0.3 is 0 Å². The average Bonchev–Trinajstić information content (AvgIpc) is 3.10. The van der Waals surface area contributed by atoms with Crippen molar-refractivity contribution < 1.29 is 0 Å². The molecule has 0 nitrogen and oxygen atoms in total. The topological polar surface area (TPSA) is 0 Å². The number of hydrogen-bond acceptors (Lipinski definition) is 0. The minimum absolute atomic E-state index is 1.10. The van der Waals surface area contributed by atoms with Crippen molar-refractivity contribution >= 4 is 32.7 Å². The Kier molecular flexibility index (Phi) is 5.87. The van der Waals surface area contributed by atoms with Crippen LogP contribution < -0.4 is 0 Å². The van der Waals surface area contributed by atoms with E-state index in [2.05, 4.69) is 146 Å². The highest BCUT2D eigenvalue weighted by molar-refractivity contribution is 5.97. The van der Waals surface area contributed by atoms with Crippen LogP contribution in [0.2, 0.25) is 0 Å². The van der Waals surface area contributed by atoms with Crippen LogP contribution in [-0.2, 0) is 12.8 Å². The molecule has 7 aromatic carbocycles. The first kappa shape index (κ1) is 25.3. The number of aryl methyl sites for hydroxylation is 2. The third-order valence-corrected chi connectivity index (χ3v) is 9.90. The van der Waals surface area contributed by atoms with Crippen molar-refractivity contribution in [1.29, 1.82) is 0 Å². The van der Waals surface area contributed by atoms with Gasteiger partial charge in [-0.3, -0.25) is 0 Å². The minimum Gasteiger partial charge on any atom is -0.0616 e. The zero-order chi connectivity index (χ0) is 29.0. The molecule has 0 fully saturated rings. The lowest BCUT2D eigenvalue weighted by Crippen LogP contribution is -2.11. The molecule has 0 aliphatic heterocycles. The van der Waals surface area contributed by atoms with Gasteiger partial charge in [0.15, 0.2) is 0 Å². The minimum atomic E-state index is 1.10. The molecular weight excluding hydrogens is 528 g/mol. The van der Waals surface area contributed by atoms with E-state index in [9.17, 15) is 0 Å². The second-order valence-corrected chi connectivity index (χ2v) is 12.4. The molecule has 0 radical (unpaired) electrons. The third kappa shape index (κ3) is 4.29. The Morgan fingerprint density at radius 2 is 0.636 bits per heavy atom. The molecule has 0 aromatic heterocycles. The van der Waals surface area contributed by atoms with Crippen molar-refractivity contribution in [3.63, 3.8) is 0 Å². The van der Waals surface area contributed by atoms with E-state index < -0.39 is 0 Å². The van der Waals surface area contributed by atoms with Crippen LogP contribution in [-0.4, -0.2) is 0 Å². The Morgan fingerprint density at radius 1 is 0.273 bits per heavy atom. The molecule has 7 aromatic rings. The molecule has 208 valence electrons. The second-order valence-electron chi connectivity index (χ2n) is 12.4. The van der Waals surface area contributed by atoms with Gasteiger partial charge in [0.2, 0.25) is 0 Å². The lowest BCUT2D eigenvalue weighted by Gasteiger charge is -2.30. The molecule has 0 saturated heterocycles. The standard InChI is InChI=1S/C44H32/c1-3-7-33-25-35(15-13-29(33)5-1)31-9-11-32(12-10-31)36-17-21-41-39(27-36)19-23-44-42-22-18-38(28-40(42)20-24-43(41)44)37-16-14-30-6-2-4-8-34(30)26-37/h1-18,21-22,25-28H,19-20,23-24H2. The lowest BCUT2D eigenvalue weighted by molar-refractivity contribution is 0.920. The van der Waals surface area contributed by atoms with Gasteiger partial charge in [-0.05, 0) is 126 Å². The molecule has 44 heavy (non-hydrogen) atoms. The molecule has 2 aliphatic rings. The van der Waals surface area contributed by atoms with Gasteiger partial charge in [-0.2, -0.15) is 0 Å². The van der Waals surface area contributed by atoms with Crippen molar-refractivity contribution in [3.05, 3.63) is 168 Å². The molecule has 0 heteroatoms. The molecule has 0 amide bonds. The first-order chi connectivity index (χ1) is 21.8. The number of fused-ring (bicyclic) bond motifs is 6. The number of benzene rings is 7. The summed E-state index contributed by atoms with van der Waals surface area (Å²) in [4.78, 5) is 0. The summed E-state index contributed by atoms with van der Waals surface area (Å²) in [5.74, 6) is 0. The summed E-state index contributed by atoms with van der Waals surface area (Å²) < 4.78 is 0. The largest absolute Gasteiger partial charge is 0.0616 e. The molecule has 0 unspecified atom stereocenters. The fourth-order valence-electron chi connectivity index (χ4n) is 7.56. The molecule has 0 spiro atoms. The SMILES string of the molecule is c1ccc2cc(-c3ccc(-c4ccc5c(c4)CCC4=C5CCc5cc(-c6ccc7ccccc7c6)ccc54)cc3)ccc2c1. The van der Waals surface area contributed by atoms with E-state index in [4.69, 9.17) is 0 Å². The zero-order valence-corrected chi connectivity index (χ0v) is 24.7. The van der Waals surface area contributed by atoms with Gasteiger partial charge in [-0.25, -0.2) is 0 Å². The van der Waals surface area contributed by atoms with Crippen LogP contribution in [0, 0.1) is 0 Å². The molecule has 0 N–H and O–H groups in total. The van der Waals surface area contributed by atoms with E-state index in [-0.39, 0.29) is 0 Å². The van der Waals surface area contributed by atoms with Gasteiger partial charge in [0, 0.05) is 0 Å². The summed E-state index contributed by atoms with van der Waals surface area (Å²) in [5, 5.41) is 5.17. The van der Waals surface area contributed by atoms with Gasteiger partial charge in [0.25, 0.3) is 0 Å². The molecule has 2 aliphatic carbocycles. The average molecular weight is 561 g/mol. The van der Waals surface area contributed by atoms with E-state index >= 15 is 0 Å². The van der Waals surface area contributed by atoms with Gasteiger partial charge in [0.1, 0.15) is 0 Å². The highest BCUT2D eigenvalue weighted by Crippen LogP contribution is 2.45. The quantitative estimate of drug-likeness (QED) is 0.202. The fraction of sp³-hybridized carbons (Fsp3) is 0.0909. The van der Waals surface area contributed by atoms with Crippen molar-refractivity contribution in [2.75, 3.05) is 0 Å². The summed E-state index contributed by atoms with van der Waals surface area (Å²) in [6.45, 7) is 0. The zero-order valence-electron chi connectivity index (χ0n) is 24.7. The highest BCUT2D eigenvalue weighted by Gasteiger charge is 2.25. The summed E-state index contributed by atoms with van der Waals surface area (Å²) in [6, 6.07) is 54.2. The van der Waals surface area contributed by atoms with E-state index in [0.717, 1.165) is 25.7 Å². The predicted molar refractivity (Wildman–Crippen MR) is 188 cm³/mol. The summed E-state index contributed by atoms with van der Waals surface area (Å²) in [5.41, 5.74) is 16.8. The van der Waals surface area contributed by atoms with Gasteiger partial charge in [-0.15, -0.1) is 0 Å². The Hall–Kier alpha value is -5.20. The van der Waals surface area contributed by atoms with Gasteiger partial charge in [-0.1, -0.05) is 133 Å². The van der Waals surface area contributed by atoms with Crippen LogP contribution in [0.4, 0.5) is 0 Å². The van der Waals surface area contributed by atoms with E-state index in [0.29, 0.717) is 0 Å². The molecule has 0 bridgehead atoms. The van der Waals surface area contributed by atoms with Crippen LogP contribution in [0.5, 0.6) is 0 Å². The van der Waals surface area contributed by atoms with Gasteiger partial charge in [0.05, 0.1) is 0 Å². The molecular formula is C44H32.